The van der Waals surface area contributed by atoms with E-state index in [1.54, 1.807) is 0 Å². The number of hydrogen-bond donors (Lipinski definition) is 2. The summed E-state index contributed by atoms with van der Waals surface area (Å²) >= 11 is 0. The molecule has 0 bridgehead atoms. The van der Waals surface area contributed by atoms with E-state index in [0.29, 0.717) is 19.0 Å². The Labute approximate surface area is 170 Å². The van der Waals surface area contributed by atoms with Crippen LogP contribution in [0.2, 0.25) is 0 Å². The number of nitrogens with one attached hydrogen (secondary N) is 2. The highest BCUT2D eigenvalue weighted by atomic mass is 19.4. The lowest BCUT2D eigenvalue weighted by atomic mass is 9.95. The molecule has 0 spiro atoms. The maximum Gasteiger partial charge on any atom is 0.416 e. The fourth-order valence-corrected chi connectivity index (χ4v) is 3.18. The predicted octanol–water partition coefficient (Wildman–Crippen LogP) is 3.31. The summed E-state index contributed by atoms with van der Waals surface area (Å²) in [4.78, 5) is 26.3. The van der Waals surface area contributed by atoms with Gasteiger partial charge in [0.2, 0.25) is 5.91 Å². The molecule has 0 aliphatic carbocycles. The van der Waals surface area contributed by atoms with E-state index in [2.05, 4.69) is 15.5 Å². The van der Waals surface area contributed by atoms with Gasteiger partial charge in [-0.25, -0.2) is 0 Å². The molecule has 0 aromatic heterocycles. The van der Waals surface area contributed by atoms with Gasteiger partial charge in [-0.05, 0) is 50.0 Å². The molecule has 1 aromatic carbocycles. The van der Waals surface area contributed by atoms with Gasteiger partial charge in [0.15, 0.2) is 0 Å². The van der Waals surface area contributed by atoms with Crippen LogP contribution in [-0.4, -0.2) is 49.4 Å². The molecule has 0 saturated carbocycles. The number of amides is 2. The molecule has 1 aliphatic heterocycles. The summed E-state index contributed by atoms with van der Waals surface area (Å²) in [6.45, 7) is 9.21. The van der Waals surface area contributed by atoms with Gasteiger partial charge in [0.1, 0.15) is 0 Å². The fraction of sp³-hybridized carbons (Fsp3) is 0.619. The second-order valence-corrected chi connectivity index (χ2v) is 8.58. The highest BCUT2D eigenvalue weighted by Crippen LogP contribution is 2.29. The third-order valence-corrected chi connectivity index (χ3v) is 5.11. The van der Waals surface area contributed by atoms with Crippen molar-refractivity contribution in [1.82, 2.24) is 15.5 Å². The van der Waals surface area contributed by atoms with E-state index in [0.717, 1.165) is 44.6 Å². The second kappa shape index (κ2) is 9.61. The van der Waals surface area contributed by atoms with Crippen LogP contribution in [0.15, 0.2) is 24.3 Å². The molecule has 0 atom stereocenters. The Morgan fingerprint density at radius 2 is 1.76 bits per heavy atom. The summed E-state index contributed by atoms with van der Waals surface area (Å²) in [5.41, 5.74) is -1.20. The highest BCUT2D eigenvalue weighted by molar-refractivity contribution is 5.94. The molecule has 1 saturated heterocycles. The molecular weight excluding hydrogens is 383 g/mol. The molecule has 1 aliphatic rings. The Morgan fingerprint density at radius 1 is 1.10 bits per heavy atom. The largest absolute Gasteiger partial charge is 0.416 e. The first-order chi connectivity index (χ1) is 13.5. The molecule has 1 heterocycles. The first-order valence-electron chi connectivity index (χ1n) is 9.93. The number of piperidine rings is 1. The van der Waals surface area contributed by atoms with E-state index >= 15 is 0 Å². The molecule has 1 fully saturated rings. The zero-order valence-electron chi connectivity index (χ0n) is 17.2. The Balaban J connectivity index is 1.71. The number of likely N-dealkylation sites (tertiary alicyclic amines) is 1. The molecule has 2 N–H and O–H groups in total. The van der Waals surface area contributed by atoms with E-state index in [1.807, 2.05) is 20.8 Å². The minimum absolute atomic E-state index is 0.0202. The van der Waals surface area contributed by atoms with Gasteiger partial charge in [0.05, 0.1) is 5.56 Å². The zero-order chi connectivity index (χ0) is 21.7. The molecule has 5 nitrogen and oxygen atoms in total. The lowest BCUT2D eigenvalue weighted by molar-refractivity contribution is -0.137. The quantitative estimate of drug-likeness (QED) is 0.752. The maximum atomic E-state index is 12.8. The van der Waals surface area contributed by atoms with Gasteiger partial charge in [-0.15, -0.1) is 0 Å². The van der Waals surface area contributed by atoms with Crippen molar-refractivity contribution in [3.05, 3.63) is 35.4 Å². The summed E-state index contributed by atoms with van der Waals surface area (Å²) in [6.07, 6.45) is -2.67. The van der Waals surface area contributed by atoms with E-state index in [-0.39, 0.29) is 11.5 Å². The number of carbonyl (C=O) groups excluding carboxylic acids is 2. The topological polar surface area (TPSA) is 61.4 Å². The minimum atomic E-state index is -4.46. The normalized spacial score (nSPS) is 16.5. The summed E-state index contributed by atoms with van der Waals surface area (Å²) in [6, 6.07) is 4.47. The summed E-state index contributed by atoms with van der Waals surface area (Å²) in [7, 11) is 0. The van der Waals surface area contributed by atoms with Crippen LogP contribution in [0.1, 0.15) is 49.5 Å². The maximum absolute atomic E-state index is 12.8. The third-order valence-electron chi connectivity index (χ3n) is 5.11. The Bertz CT molecular complexity index is 706. The number of halogens is 3. The standard InChI is InChI=1S/C21H30F3N3O2/c1-20(2,3)19(29)25-9-12-27-10-7-15(8-11-27)14-26-18(28)16-5-4-6-17(13-16)21(22,23)24/h4-6,13,15H,7-12,14H2,1-3H3,(H,25,29)(H,26,28). The molecule has 2 amide bonds. The van der Waals surface area contributed by atoms with Crippen molar-refractivity contribution in [3.63, 3.8) is 0 Å². The molecule has 1 aromatic rings. The van der Waals surface area contributed by atoms with Crippen LogP contribution in [0.3, 0.4) is 0 Å². The molecule has 162 valence electrons. The lowest BCUT2D eigenvalue weighted by Crippen LogP contribution is -2.43. The number of hydrogen-bond acceptors (Lipinski definition) is 3. The monoisotopic (exact) mass is 413 g/mol. The van der Waals surface area contributed by atoms with E-state index in [4.69, 9.17) is 0 Å². The minimum Gasteiger partial charge on any atom is -0.354 e. The highest BCUT2D eigenvalue weighted by Gasteiger charge is 2.31. The average Bonchev–Trinajstić information content (AvgIpc) is 2.65. The number of benzene rings is 1. The number of alkyl halides is 3. The Hall–Kier alpha value is -2.09. The first-order valence-corrected chi connectivity index (χ1v) is 9.93. The fourth-order valence-electron chi connectivity index (χ4n) is 3.18. The summed E-state index contributed by atoms with van der Waals surface area (Å²) in [5, 5.41) is 5.69. The molecule has 0 unspecified atom stereocenters. The first kappa shape index (κ1) is 23.2. The smallest absolute Gasteiger partial charge is 0.354 e. The van der Waals surface area contributed by atoms with Crippen LogP contribution in [-0.2, 0) is 11.0 Å². The van der Waals surface area contributed by atoms with Crippen molar-refractivity contribution >= 4 is 11.8 Å². The van der Waals surface area contributed by atoms with E-state index in [9.17, 15) is 22.8 Å². The van der Waals surface area contributed by atoms with Crippen molar-refractivity contribution < 1.29 is 22.8 Å². The lowest BCUT2D eigenvalue weighted by Gasteiger charge is -2.32. The Morgan fingerprint density at radius 3 is 2.34 bits per heavy atom. The predicted molar refractivity (Wildman–Crippen MR) is 105 cm³/mol. The van der Waals surface area contributed by atoms with E-state index in [1.165, 1.54) is 12.1 Å². The van der Waals surface area contributed by atoms with Crippen LogP contribution in [0.4, 0.5) is 13.2 Å². The van der Waals surface area contributed by atoms with Crippen molar-refractivity contribution in [2.24, 2.45) is 11.3 Å². The van der Waals surface area contributed by atoms with Crippen molar-refractivity contribution in [2.75, 3.05) is 32.7 Å². The number of rotatable bonds is 6. The van der Waals surface area contributed by atoms with E-state index < -0.39 is 23.1 Å². The number of carbonyl (C=O) groups is 2. The van der Waals surface area contributed by atoms with Crippen molar-refractivity contribution in [2.45, 2.75) is 39.8 Å². The van der Waals surface area contributed by atoms with Crippen LogP contribution in [0.25, 0.3) is 0 Å². The van der Waals surface area contributed by atoms with Crippen molar-refractivity contribution in [1.29, 1.82) is 0 Å². The van der Waals surface area contributed by atoms with Crippen molar-refractivity contribution in [3.8, 4) is 0 Å². The van der Waals surface area contributed by atoms with Gasteiger partial charge in [-0.3, -0.25) is 9.59 Å². The average molecular weight is 413 g/mol. The SMILES string of the molecule is CC(C)(C)C(=O)NCCN1CCC(CNC(=O)c2cccc(C(F)(F)F)c2)CC1. The van der Waals surface area contributed by atoms with Gasteiger partial charge >= 0.3 is 6.18 Å². The van der Waals surface area contributed by atoms with Gasteiger partial charge in [0.25, 0.3) is 5.91 Å². The Kier molecular flexibility index (Phi) is 7.68. The summed E-state index contributed by atoms with van der Waals surface area (Å²) in [5.74, 6) is -0.154. The zero-order valence-corrected chi connectivity index (χ0v) is 17.2. The molecule has 8 heteroatoms. The summed E-state index contributed by atoms with van der Waals surface area (Å²) < 4.78 is 38.3. The van der Waals surface area contributed by atoms with Crippen LogP contribution < -0.4 is 10.6 Å². The van der Waals surface area contributed by atoms with Crippen LogP contribution >= 0.6 is 0 Å². The van der Waals surface area contributed by atoms with Gasteiger partial charge < -0.3 is 15.5 Å². The third kappa shape index (κ3) is 7.34. The molecule has 0 radical (unpaired) electrons. The molecule has 29 heavy (non-hydrogen) atoms. The van der Waals surface area contributed by atoms with Gasteiger partial charge in [-0.1, -0.05) is 26.8 Å². The molecule has 2 rings (SSSR count). The van der Waals surface area contributed by atoms with Gasteiger partial charge in [-0.2, -0.15) is 13.2 Å². The molecular formula is C21H30F3N3O2. The second-order valence-electron chi connectivity index (χ2n) is 8.58. The number of nitrogens with zero attached hydrogens (tertiary/aromatic N) is 1. The van der Waals surface area contributed by atoms with Crippen LogP contribution in [0, 0.1) is 11.3 Å². The van der Waals surface area contributed by atoms with Crippen LogP contribution in [0.5, 0.6) is 0 Å². The van der Waals surface area contributed by atoms with Gasteiger partial charge in [0, 0.05) is 30.6 Å².